The number of hydrogen-bond acceptors (Lipinski definition) is 4. The summed E-state index contributed by atoms with van der Waals surface area (Å²) in [6.07, 6.45) is 1.91. The molecule has 0 fully saturated rings. The molecular formula is C21H23N3O3S. The first-order valence-electron chi connectivity index (χ1n) is 9.20. The Morgan fingerprint density at radius 2 is 1.93 bits per heavy atom. The fourth-order valence-electron chi connectivity index (χ4n) is 3.87. The standard InChI is InChI=1S/C21H23N3O3S/c1-13-8-14(2)18-11-16(21(25)23-19(18)9-13)12-22-17-4-5-20-15(10-17)6-7-24(20)28(3,26)27/h4-5,8-11,22H,6-7,12H2,1-3H3,(H,23,25). The Balaban J connectivity index is 1.59. The largest absolute Gasteiger partial charge is 0.381 e. The van der Waals surface area contributed by atoms with Gasteiger partial charge >= 0.3 is 0 Å². The van der Waals surface area contributed by atoms with Crippen LogP contribution in [0.5, 0.6) is 0 Å². The summed E-state index contributed by atoms with van der Waals surface area (Å²) in [7, 11) is -3.25. The Morgan fingerprint density at radius 3 is 2.68 bits per heavy atom. The summed E-state index contributed by atoms with van der Waals surface area (Å²) in [5.41, 5.74) is 6.27. The van der Waals surface area contributed by atoms with Gasteiger partial charge in [0.15, 0.2) is 0 Å². The second kappa shape index (κ2) is 6.67. The molecule has 0 saturated heterocycles. The molecule has 0 aliphatic carbocycles. The molecule has 1 aromatic heterocycles. The Labute approximate surface area is 164 Å². The number of hydrogen-bond donors (Lipinski definition) is 2. The second-order valence-corrected chi connectivity index (χ2v) is 9.36. The molecule has 1 aliphatic heterocycles. The van der Waals surface area contributed by atoms with Crippen molar-refractivity contribution in [2.45, 2.75) is 26.8 Å². The van der Waals surface area contributed by atoms with Crippen LogP contribution in [0.1, 0.15) is 22.3 Å². The summed E-state index contributed by atoms with van der Waals surface area (Å²) >= 11 is 0. The Bertz CT molecular complexity index is 1250. The zero-order chi connectivity index (χ0) is 20.1. The highest BCUT2D eigenvalue weighted by Crippen LogP contribution is 2.32. The van der Waals surface area contributed by atoms with Crippen molar-refractivity contribution in [2.75, 3.05) is 22.4 Å². The van der Waals surface area contributed by atoms with Gasteiger partial charge in [0.25, 0.3) is 5.56 Å². The highest BCUT2D eigenvalue weighted by molar-refractivity contribution is 7.92. The van der Waals surface area contributed by atoms with Gasteiger partial charge in [-0.3, -0.25) is 9.10 Å². The number of H-pyrrole nitrogens is 1. The molecule has 2 aromatic carbocycles. The van der Waals surface area contributed by atoms with Crippen LogP contribution in [0.2, 0.25) is 0 Å². The molecule has 0 bridgehead atoms. The van der Waals surface area contributed by atoms with E-state index in [0.717, 1.165) is 39.0 Å². The van der Waals surface area contributed by atoms with Crippen LogP contribution < -0.4 is 15.2 Å². The van der Waals surface area contributed by atoms with E-state index in [1.165, 1.54) is 10.6 Å². The molecule has 4 rings (SSSR count). The number of pyridine rings is 1. The maximum atomic E-state index is 12.4. The molecule has 0 atom stereocenters. The van der Waals surface area contributed by atoms with Crippen molar-refractivity contribution in [3.05, 3.63) is 69.0 Å². The fraction of sp³-hybridized carbons (Fsp3) is 0.286. The van der Waals surface area contributed by atoms with E-state index in [-0.39, 0.29) is 5.56 Å². The number of anilines is 2. The van der Waals surface area contributed by atoms with Gasteiger partial charge in [-0.25, -0.2) is 8.42 Å². The van der Waals surface area contributed by atoms with Crippen LogP contribution in [-0.2, 0) is 23.0 Å². The molecule has 2 N–H and O–H groups in total. The number of benzene rings is 2. The van der Waals surface area contributed by atoms with E-state index in [4.69, 9.17) is 0 Å². The van der Waals surface area contributed by atoms with E-state index in [0.29, 0.717) is 25.1 Å². The lowest BCUT2D eigenvalue weighted by atomic mass is 10.0. The number of aryl methyl sites for hydroxylation is 2. The smallest absolute Gasteiger partial charge is 0.253 e. The molecule has 1 aliphatic rings. The lowest BCUT2D eigenvalue weighted by Crippen LogP contribution is -2.27. The van der Waals surface area contributed by atoms with E-state index >= 15 is 0 Å². The van der Waals surface area contributed by atoms with E-state index in [9.17, 15) is 13.2 Å². The topological polar surface area (TPSA) is 82.3 Å². The number of aromatic nitrogens is 1. The van der Waals surface area contributed by atoms with Crippen molar-refractivity contribution >= 4 is 32.3 Å². The van der Waals surface area contributed by atoms with Gasteiger partial charge in [0, 0.05) is 35.2 Å². The molecule has 146 valence electrons. The molecule has 7 heteroatoms. The van der Waals surface area contributed by atoms with E-state index < -0.39 is 10.0 Å². The number of aromatic amines is 1. The monoisotopic (exact) mass is 397 g/mol. The van der Waals surface area contributed by atoms with Gasteiger partial charge in [-0.05, 0) is 67.3 Å². The zero-order valence-corrected chi connectivity index (χ0v) is 17.0. The molecule has 0 unspecified atom stereocenters. The zero-order valence-electron chi connectivity index (χ0n) is 16.2. The molecule has 28 heavy (non-hydrogen) atoms. The summed E-state index contributed by atoms with van der Waals surface area (Å²) in [6.45, 7) is 4.92. The Kier molecular flexibility index (Phi) is 4.42. The van der Waals surface area contributed by atoms with Crippen molar-refractivity contribution in [3.8, 4) is 0 Å². The number of nitrogens with one attached hydrogen (secondary N) is 2. The number of nitrogens with zero attached hydrogens (tertiary/aromatic N) is 1. The molecule has 6 nitrogen and oxygen atoms in total. The summed E-state index contributed by atoms with van der Waals surface area (Å²) < 4.78 is 25.1. The van der Waals surface area contributed by atoms with E-state index in [1.54, 1.807) is 0 Å². The maximum absolute atomic E-state index is 12.4. The van der Waals surface area contributed by atoms with E-state index in [1.807, 2.05) is 44.2 Å². The third-order valence-electron chi connectivity index (χ3n) is 5.21. The van der Waals surface area contributed by atoms with Crippen LogP contribution in [0, 0.1) is 13.8 Å². The van der Waals surface area contributed by atoms with Crippen LogP contribution in [0.15, 0.2) is 41.2 Å². The van der Waals surface area contributed by atoms with Crippen molar-refractivity contribution in [1.29, 1.82) is 0 Å². The second-order valence-electron chi connectivity index (χ2n) is 7.45. The molecule has 2 heterocycles. The summed E-state index contributed by atoms with van der Waals surface area (Å²) in [6, 6.07) is 11.7. The first kappa shape index (κ1) is 18.6. The summed E-state index contributed by atoms with van der Waals surface area (Å²) in [5.74, 6) is 0. The first-order chi connectivity index (χ1) is 13.2. The average molecular weight is 398 g/mol. The van der Waals surface area contributed by atoms with Crippen LogP contribution in [0.3, 0.4) is 0 Å². The fourth-order valence-corrected chi connectivity index (χ4v) is 4.83. The lowest BCUT2D eigenvalue weighted by molar-refractivity contribution is 0.598. The molecule has 0 spiro atoms. The van der Waals surface area contributed by atoms with Crippen LogP contribution in [0.4, 0.5) is 11.4 Å². The van der Waals surface area contributed by atoms with Gasteiger partial charge in [0.2, 0.25) is 10.0 Å². The van der Waals surface area contributed by atoms with Crippen molar-refractivity contribution in [2.24, 2.45) is 0 Å². The molecule has 3 aromatic rings. The van der Waals surface area contributed by atoms with Gasteiger partial charge < -0.3 is 10.3 Å². The summed E-state index contributed by atoms with van der Waals surface area (Å²) in [4.78, 5) is 15.4. The number of sulfonamides is 1. The molecule has 0 amide bonds. The maximum Gasteiger partial charge on any atom is 0.253 e. The third-order valence-corrected chi connectivity index (χ3v) is 6.39. The van der Waals surface area contributed by atoms with Gasteiger partial charge in [-0.1, -0.05) is 6.07 Å². The highest BCUT2D eigenvalue weighted by Gasteiger charge is 2.26. The van der Waals surface area contributed by atoms with Crippen LogP contribution >= 0.6 is 0 Å². The van der Waals surface area contributed by atoms with Crippen molar-refractivity contribution < 1.29 is 8.42 Å². The molecule has 0 radical (unpaired) electrons. The van der Waals surface area contributed by atoms with Crippen LogP contribution in [0.25, 0.3) is 10.9 Å². The molecular weight excluding hydrogens is 374 g/mol. The predicted octanol–water partition coefficient (Wildman–Crippen LogP) is 3.08. The summed E-state index contributed by atoms with van der Waals surface area (Å²) in [5, 5.41) is 4.33. The number of rotatable bonds is 4. The minimum absolute atomic E-state index is 0.102. The van der Waals surface area contributed by atoms with Crippen molar-refractivity contribution in [1.82, 2.24) is 4.98 Å². The van der Waals surface area contributed by atoms with Gasteiger partial charge in [0.1, 0.15) is 0 Å². The van der Waals surface area contributed by atoms with Crippen molar-refractivity contribution in [3.63, 3.8) is 0 Å². The third kappa shape index (κ3) is 3.38. The van der Waals surface area contributed by atoms with Gasteiger partial charge in [-0.15, -0.1) is 0 Å². The lowest BCUT2D eigenvalue weighted by Gasteiger charge is -2.16. The normalized spacial score (nSPS) is 13.8. The Morgan fingerprint density at radius 1 is 1.14 bits per heavy atom. The van der Waals surface area contributed by atoms with Crippen LogP contribution in [-0.4, -0.2) is 26.2 Å². The number of fused-ring (bicyclic) bond motifs is 2. The molecule has 0 saturated carbocycles. The highest BCUT2D eigenvalue weighted by atomic mass is 32.2. The minimum atomic E-state index is -3.25. The predicted molar refractivity (Wildman–Crippen MR) is 114 cm³/mol. The van der Waals surface area contributed by atoms with E-state index in [2.05, 4.69) is 16.4 Å². The van der Waals surface area contributed by atoms with Gasteiger partial charge in [0.05, 0.1) is 11.9 Å². The quantitative estimate of drug-likeness (QED) is 0.709. The Hall–Kier alpha value is -2.80. The minimum Gasteiger partial charge on any atom is -0.381 e. The first-order valence-corrected chi connectivity index (χ1v) is 11.0. The SMILES string of the molecule is Cc1cc(C)c2cc(CNc3ccc4c(c3)CCN4S(C)(=O)=O)c(=O)[nH]c2c1. The van der Waals surface area contributed by atoms with Gasteiger partial charge in [-0.2, -0.15) is 0 Å². The average Bonchev–Trinajstić information content (AvgIpc) is 3.03.